The molecule has 0 saturated carbocycles. The van der Waals surface area contributed by atoms with Crippen LogP contribution >= 0.6 is 0 Å². The predicted molar refractivity (Wildman–Crippen MR) is 143 cm³/mol. The van der Waals surface area contributed by atoms with Crippen molar-refractivity contribution in [2.45, 2.75) is 33.3 Å². The molecule has 5 rings (SSSR count). The predicted octanol–water partition coefficient (Wildman–Crippen LogP) is 5.51. The van der Waals surface area contributed by atoms with Gasteiger partial charge in [-0.2, -0.15) is 0 Å². The number of aromatic nitrogens is 3. The molecule has 2 aromatic carbocycles. The van der Waals surface area contributed by atoms with Gasteiger partial charge in [-0.1, -0.05) is 29.8 Å². The zero-order valence-corrected chi connectivity index (χ0v) is 21.2. The second-order valence-electron chi connectivity index (χ2n) is 10.1. The molecule has 0 atom stereocenters. The lowest BCUT2D eigenvalue weighted by molar-refractivity contribution is 0.0240. The SMILES string of the molecule is Cc1cccc(-c2cnc(Nc3cccc(N4CCN(C(=O)OC(C)(C)C)CC4)c3)c3nccn23)c1. The van der Waals surface area contributed by atoms with E-state index in [4.69, 9.17) is 9.72 Å². The molecule has 1 amide bonds. The van der Waals surface area contributed by atoms with Gasteiger partial charge in [0.15, 0.2) is 11.5 Å². The Balaban J connectivity index is 1.31. The van der Waals surface area contributed by atoms with E-state index in [0.717, 1.165) is 41.4 Å². The van der Waals surface area contributed by atoms with Crippen LogP contribution in [0.1, 0.15) is 26.3 Å². The first-order valence-corrected chi connectivity index (χ1v) is 12.3. The number of hydrogen-bond donors (Lipinski definition) is 1. The van der Waals surface area contributed by atoms with Gasteiger partial charge in [-0.25, -0.2) is 14.8 Å². The molecule has 1 saturated heterocycles. The number of anilines is 3. The van der Waals surface area contributed by atoms with E-state index in [2.05, 4.69) is 62.9 Å². The Morgan fingerprint density at radius 1 is 1.00 bits per heavy atom. The average Bonchev–Trinajstić information content (AvgIpc) is 3.34. The number of imidazole rings is 1. The largest absolute Gasteiger partial charge is 0.444 e. The molecule has 3 heterocycles. The molecule has 186 valence electrons. The zero-order chi connectivity index (χ0) is 25.3. The van der Waals surface area contributed by atoms with Crippen molar-refractivity contribution in [3.8, 4) is 11.3 Å². The number of nitrogens with one attached hydrogen (secondary N) is 1. The molecule has 0 bridgehead atoms. The molecule has 1 aliphatic rings. The van der Waals surface area contributed by atoms with Gasteiger partial charge in [-0.3, -0.25) is 4.40 Å². The Morgan fingerprint density at radius 3 is 2.53 bits per heavy atom. The number of carbonyl (C=O) groups excluding carboxylic acids is 1. The van der Waals surface area contributed by atoms with Crippen LogP contribution in [0.5, 0.6) is 0 Å². The number of benzene rings is 2. The Kier molecular flexibility index (Phi) is 6.26. The summed E-state index contributed by atoms with van der Waals surface area (Å²) in [7, 11) is 0. The summed E-state index contributed by atoms with van der Waals surface area (Å²) in [5, 5.41) is 3.45. The zero-order valence-electron chi connectivity index (χ0n) is 21.2. The summed E-state index contributed by atoms with van der Waals surface area (Å²) in [4.78, 5) is 25.7. The van der Waals surface area contributed by atoms with Crippen molar-refractivity contribution in [2.75, 3.05) is 36.4 Å². The second-order valence-corrected chi connectivity index (χ2v) is 10.1. The van der Waals surface area contributed by atoms with Crippen molar-refractivity contribution in [3.63, 3.8) is 0 Å². The molecule has 0 radical (unpaired) electrons. The number of rotatable bonds is 4. The molecule has 0 spiro atoms. The maximum Gasteiger partial charge on any atom is 0.410 e. The summed E-state index contributed by atoms with van der Waals surface area (Å²) < 4.78 is 7.58. The highest BCUT2D eigenvalue weighted by Crippen LogP contribution is 2.28. The molecule has 2 aromatic heterocycles. The smallest absolute Gasteiger partial charge is 0.410 e. The van der Waals surface area contributed by atoms with Gasteiger partial charge in [-0.05, 0) is 52.0 Å². The summed E-state index contributed by atoms with van der Waals surface area (Å²) in [6.45, 7) is 10.5. The van der Waals surface area contributed by atoms with E-state index in [1.165, 1.54) is 5.56 Å². The number of fused-ring (bicyclic) bond motifs is 1. The van der Waals surface area contributed by atoms with Gasteiger partial charge in [-0.15, -0.1) is 0 Å². The van der Waals surface area contributed by atoms with Crippen molar-refractivity contribution in [3.05, 3.63) is 72.7 Å². The maximum absolute atomic E-state index is 12.4. The van der Waals surface area contributed by atoms with E-state index in [9.17, 15) is 4.79 Å². The molecular weight excluding hydrogens is 452 g/mol. The molecule has 0 aliphatic carbocycles. The highest BCUT2D eigenvalue weighted by atomic mass is 16.6. The van der Waals surface area contributed by atoms with Crippen LogP contribution in [0.3, 0.4) is 0 Å². The lowest BCUT2D eigenvalue weighted by Gasteiger charge is -2.36. The fourth-order valence-corrected chi connectivity index (χ4v) is 4.42. The summed E-state index contributed by atoms with van der Waals surface area (Å²) in [5.41, 5.74) is 5.61. The summed E-state index contributed by atoms with van der Waals surface area (Å²) in [6.07, 6.45) is 5.38. The lowest BCUT2D eigenvalue weighted by atomic mass is 10.1. The molecule has 4 aromatic rings. The van der Waals surface area contributed by atoms with Gasteiger partial charge in [0.1, 0.15) is 5.60 Å². The third-order valence-electron chi connectivity index (χ3n) is 6.15. The van der Waals surface area contributed by atoms with E-state index >= 15 is 0 Å². The van der Waals surface area contributed by atoms with Crippen LogP contribution in [0.15, 0.2) is 67.1 Å². The second kappa shape index (κ2) is 9.53. The van der Waals surface area contributed by atoms with Crippen LogP contribution in [-0.2, 0) is 4.74 Å². The fourth-order valence-electron chi connectivity index (χ4n) is 4.42. The highest BCUT2D eigenvalue weighted by Gasteiger charge is 2.26. The van der Waals surface area contributed by atoms with Crippen molar-refractivity contribution in [1.82, 2.24) is 19.3 Å². The van der Waals surface area contributed by atoms with Crippen molar-refractivity contribution in [2.24, 2.45) is 0 Å². The van der Waals surface area contributed by atoms with Crippen LogP contribution in [0, 0.1) is 6.92 Å². The Labute approximate surface area is 211 Å². The Bertz CT molecular complexity index is 1380. The molecule has 1 fully saturated rings. The normalized spacial score (nSPS) is 14.2. The summed E-state index contributed by atoms with van der Waals surface area (Å²) in [5.74, 6) is 0.697. The van der Waals surface area contributed by atoms with Crippen molar-refractivity contribution >= 4 is 28.9 Å². The molecular formula is C28H32N6O2. The first kappa shape index (κ1) is 23.7. The van der Waals surface area contributed by atoms with Gasteiger partial charge in [0.05, 0.1) is 11.9 Å². The molecule has 8 heteroatoms. The van der Waals surface area contributed by atoms with E-state index in [1.54, 1.807) is 11.1 Å². The van der Waals surface area contributed by atoms with Crippen LogP contribution in [0.4, 0.5) is 22.0 Å². The number of carbonyl (C=O) groups is 1. The number of ether oxygens (including phenoxy) is 1. The number of aryl methyl sites for hydroxylation is 1. The first-order valence-electron chi connectivity index (χ1n) is 12.3. The van der Waals surface area contributed by atoms with Gasteiger partial charge in [0, 0.05) is 55.5 Å². The van der Waals surface area contributed by atoms with E-state index in [-0.39, 0.29) is 6.09 Å². The van der Waals surface area contributed by atoms with Crippen LogP contribution < -0.4 is 10.2 Å². The first-order chi connectivity index (χ1) is 17.3. The number of amides is 1. The quantitative estimate of drug-likeness (QED) is 0.412. The standard InChI is InChI=1S/C28H32N6O2/c1-20-7-5-8-21(17-20)24-19-30-25(26-29-11-12-34(24)26)31-22-9-6-10-23(18-22)32-13-15-33(16-14-32)27(35)36-28(2,3)4/h5-12,17-19H,13-16H2,1-4H3,(H,30,31). The highest BCUT2D eigenvalue weighted by molar-refractivity contribution is 5.75. The third kappa shape index (κ3) is 5.12. The number of piperazine rings is 1. The summed E-state index contributed by atoms with van der Waals surface area (Å²) >= 11 is 0. The topological polar surface area (TPSA) is 75.0 Å². The Hall–Kier alpha value is -4.07. The van der Waals surface area contributed by atoms with Crippen LogP contribution in [0.2, 0.25) is 0 Å². The number of nitrogens with zero attached hydrogens (tertiary/aromatic N) is 5. The lowest BCUT2D eigenvalue weighted by Crippen LogP contribution is -2.50. The van der Waals surface area contributed by atoms with Crippen LogP contribution in [0.25, 0.3) is 16.9 Å². The molecule has 1 N–H and O–H groups in total. The van der Waals surface area contributed by atoms with Gasteiger partial charge < -0.3 is 19.9 Å². The van der Waals surface area contributed by atoms with Crippen molar-refractivity contribution < 1.29 is 9.53 Å². The maximum atomic E-state index is 12.4. The van der Waals surface area contributed by atoms with Gasteiger partial charge in [0.2, 0.25) is 0 Å². The minimum Gasteiger partial charge on any atom is -0.444 e. The number of hydrogen-bond acceptors (Lipinski definition) is 6. The van der Waals surface area contributed by atoms with Gasteiger partial charge in [0.25, 0.3) is 0 Å². The van der Waals surface area contributed by atoms with Crippen molar-refractivity contribution in [1.29, 1.82) is 0 Å². The third-order valence-corrected chi connectivity index (χ3v) is 6.15. The molecule has 1 aliphatic heterocycles. The van der Waals surface area contributed by atoms with E-state index in [1.807, 2.05) is 45.3 Å². The average molecular weight is 485 g/mol. The van der Waals surface area contributed by atoms with E-state index < -0.39 is 5.60 Å². The Morgan fingerprint density at radius 2 is 1.78 bits per heavy atom. The van der Waals surface area contributed by atoms with E-state index in [0.29, 0.717) is 18.9 Å². The molecule has 8 nitrogen and oxygen atoms in total. The minimum atomic E-state index is -0.485. The summed E-state index contributed by atoms with van der Waals surface area (Å²) in [6, 6.07) is 16.6. The minimum absolute atomic E-state index is 0.249. The molecule has 0 unspecified atom stereocenters. The van der Waals surface area contributed by atoms with Crippen LogP contribution in [-0.4, -0.2) is 57.1 Å². The monoisotopic (exact) mass is 484 g/mol. The fraction of sp³-hybridized carbons (Fsp3) is 0.321. The van der Waals surface area contributed by atoms with Gasteiger partial charge >= 0.3 is 6.09 Å². The molecule has 36 heavy (non-hydrogen) atoms.